The maximum Gasteiger partial charge on any atom is 0.263 e. The van der Waals surface area contributed by atoms with E-state index in [2.05, 4.69) is 24.1 Å². The molecule has 0 aromatic carbocycles. The molecule has 2 fully saturated rings. The van der Waals surface area contributed by atoms with Crippen LogP contribution in [0.25, 0.3) is 0 Å². The van der Waals surface area contributed by atoms with Crippen LogP contribution < -0.4 is 5.32 Å². The minimum atomic E-state index is -0.413. The van der Waals surface area contributed by atoms with Crippen molar-refractivity contribution < 1.29 is 19.0 Å². The molecule has 2 aliphatic heterocycles. The molecule has 0 saturated carbocycles. The van der Waals surface area contributed by atoms with Crippen LogP contribution >= 0.6 is 11.3 Å². The van der Waals surface area contributed by atoms with Crippen molar-refractivity contribution >= 4 is 17.2 Å². The van der Waals surface area contributed by atoms with Crippen molar-refractivity contribution in [3.63, 3.8) is 0 Å². The zero-order valence-corrected chi connectivity index (χ0v) is 14.4. The first kappa shape index (κ1) is 16.8. The summed E-state index contributed by atoms with van der Waals surface area (Å²) in [7, 11) is 0. The van der Waals surface area contributed by atoms with Crippen LogP contribution in [-0.2, 0) is 14.2 Å². The summed E-state index contributed by atoms with van der Waals surface area (Å²) in [5.74, 6) is 0.928. The van der Waals surface area contributed by atoms with E-state index < -0.39 is 6.29 Å². The molecule has 0 bridgehead atoms. The Morgan fingerprint density at radius 2 is 2.13 bits per heavy atom. The van der Waals surface area contributed by atoms with Gasteiger partial charge in [0.1, 0.15) is 9.88 Å². The summed E-state index contributed by atoms with van der Waals surface area (Å²) in [5, 5.41) is 3.73. The van der Waals surface area contributed by atoms with Crippen molar-refractivity contribution in [2.75, 3.05) is 26.4 Å². The average molecular weight is 340 g/mol. The average Bonchev–Trinajstić information content (AvgIpc) is 3.23. The Morgan fingerprint density at radius 3 is 2.87 bits per heavy atom. The monoisotopic (exact) mass is 340 g/mol. The minimum absolute atomic E-state index is 0.0701. The van der Waals surface area contributed by atoms with Gasteiger partial charge in [-0.25, -0.2) is 4.98 Å². The number of hydrogen-bond acceptors (Lipinski definition) is 6. The van der Waals surface area contributed by atoms with E-state index in [4.69, 9.17) is 14.2 Å². The van der Waals surface area contributed by atoms with Crippen LogP contribution in [0.1, 0.15) is 47.7 Å². The molecular formula is C16H24N2O4S. The number of thiazole rings is 1. The number of aromatic nitrogens is 1. The van der Waals surface area contributed by atoms with Crippen LogP contribution in [0.15, 0.2) is 6.20 Å². The van der Waals surface area contributed by atoms with Gasteiger partial charge in [-0.2, -0.15) is 0 Å². The summed E-state index contributed by atoms with van der Waals surface area (Å²) in [6.07, 6.45) is 3.50. The van der Waals surface area contributed by atoms with Crippen molar-refractivity contribution in [3.05, 3.63) is 16.1 Å². The predicted molar refractivity (Wildman–Crippen MR) is 86.4 cm³/mol. The van der Waals surface area contributed by atoms with Crippen LogP contribution in [0.4, 0.5) is 0 Å². The smallest absolute Gasteiger partial charge is 0.263 e. The highest BCUT2D eigenvalue weighted by atomic mass is 32.1. The molecule has 128 valence electrons. The normalized spacial score (nSPS) is 25.9. The molecule has 0 aliphatic carbocycles. The lowest BCUT2D eigenvalue weighted by atomic mass is 9.90. The number of hydrogen-bond donors (Lipinski definition) is 1. The number of carbonyl (C=O) groups excluding carboxylic acids is 1. The Labute approximate surface area is 140 Å². The summed E-state index contributed by atoms with van der Waals surface area (Å²) < 4.78 is 16.6. The van der Waals surface area contributed by atoms with E-state index in [0.29, 0.717) is 47.6 Å². The topological polar surface area (TPSA) is 69.7 Å². The van der Waals surface area contributed by atoms with Crippen molar-refractivity contribution in [2.45, 2.75) is 39.1 Å². The van der Waals surface area contributed by atoms with Crippen LogP contribution in [0.2, 0.25) is 0 Å². The van der Waals surface area contributed by atoms with Crippen molar-refractivity contribution in [1.82, 2.24) is 10.3 Å². The van der Waals surface area contributed by atoms with E-state index in [0.717, 1.165) is 19.4 Å². The van der Waals surface area contributed by atoms with Crippen LogP contribution in [0.5, 0.6) is 0 Å². The summed E-state index contributed by atoms with van der Waals surface area (Å²) in [6, 6.07) is 0. The predicted octanol–water partition coefficient (Wildman–Crippen LogP) is 2.37. The van der Waals surface area contributed by atoms with E-state index in [-0.39, 0.29) is 5.91 Å². The minimum Gasteiger partial charge on any atom is -0.378 e. The van der Waals surface area contributed by atoms with E-state index in [1.165, 1.54) is 11.3 Å². The standard InChI is InChI=1S/C16H24N2O4S/c1-10(2)12-7-11(3-4-20-12)8-17-14(19)13-9-18-15(23-13)16-21-5-6-22-16/h9-12,16H,3-8H2,1-2H3,(H,17,19)/t11-,12+/m0/s1. The molecular weight excluding hydrogens is 316 g/mol. The van der Waals surface area contributed by atoms with Crippen LogP contribution in [0.3, 0.4) is 0 Å². The highest BCUT2D eigenvalue weighted by Crippen LogP contribution is 2.27. The van der Waals surface area contributed by atoms with Gasteiger partial charge in [0.15, 0.2) is 0 Å². The van der Waals surface area contributed by atoms with Gasteiger partial charge in [-0.15, -0.1) is 11.3 Å². The molecule has 1 aromatic heterocycles. The molecule has 1 aromatic rings. The number of nitrogens with one attached hydrogen (secondary N) is 1. The molecule has 3 heterocycles. The maximum atomic E-state index is 12.3. The number of ether oxygens (including phenoxy) is 3. The van der Waals surface area contributed by atoms with E-state index >= 15 is 0 Å². The zero-order valence-electron chi connectivity index (χ0n) is 13.6. The van der Waals surface area contributed by atoms with Gasteiger partial charge in [-0.3, -0.25) is 4.79 Å². The van der Waals surface area contributed by atoms with Crippen molar-refractivity contribution in [1.29, 1.82) is 0 Å². The summed E-state index contributed by atoms with van der Waals surface area (Å²) >= 11 is 1.33. The van der Waals surface area contributed by atoms with Gasteiger partial charge >= 0.3 is 0 Å². The van der Waals surface area contributed by atoms with Crippen molar-refractivity contribution in [3.8, 4) is 0 Å². The lowest BCUT2D eigenvalue weighted by Gasteiger charge is -2.31. The van der Waals surface area contributed by atoms with Gasteiger partial charge in [0, 0.05) is 13.2 Å². The Hall–Kier alpha value is -1.02. The SMILES string of the molecule is CC(C)[C@H]1C[C@@H](CNC(=O)c2cnc(C3OCCO3)s2)CCO1. The maximum absolute atomic E-state index is 12.3. The molecule has 0 spiro atoms. The highest BCUT2D eigenvalue weighted by Gasteiger charge is 2.26. The van der Waals surface area contributed by atoms with Gasteiger partial charge in [-0.1, -0.05) is 13.8 Å². The summed E-state index contributed by atoms with van der Waals surface area (Å²) in [4.78, 5) is 17.1. The van der Waals surface area contributed by atoms with Gasteiger partial charge in [0.25, 0.3) is 5.91 Å². The number of nitrogens with zero attached hydrogens (tertiary/aromatic N) is 1. The largest absolute Gasteiger partial charge is 0.378 e. The third-order valence-corrected chi connectivity index (χ3v) is 5.31. The van der Waals surface area contributed by atoms with E-state index in [1.807, 2.05) is 0 Å². The molecule has 2 atom stereocenters. The molecule has 23 heavy (non-hydrogen) atoms. The second kappa shape index (κ2) is 7.70. The lowest BCUT2D eigenvalue weighted by molar-refractivity contribution is -0.0442. The molecule has 2 aliphatic rings. The zero-order chi connectivity index (χ0) is 16.2. The second-order valence-electron chi connectivity index (χ2n) is 6.39. The van der Waals surface area contributed by atoms with Gasteiger partial charge in [0.05, 0.1) is 25.5 Å². The fourth-order valence-corrected chi connectivity index (χ4v) is 3.71. The van der Waals surface area contributed by atoms with Gasteiger partial charge in [0.2, 0.25) is 6.29 Å². The molecule has 3 rings (SSSR count). The first-order chi connectivity index (χ1) is 11.1. The summed E-state index contributed by atoms with van der Waals surface area (Å²) in [6.45, 7) is 6.98. The van der Waals surface area contributed by atoms with E-state index in [9.17, 15) is 4.79 Å². The molecule has 6 nitrogen and oxygen atoms in total. The first-order valence-corrected chi connectivity index (χ1v) is 9.04. The Balaban J connectivity index is 1.49. The molecule has 0 radical (unpaired) electrons. The molecule has 2 saturated heterocycles. The Morgan fingerprint density at radius 1 is 1.35 bits per heavy atom. The van der Waals surface area contributed by atoms with Crippen LogP contribution in [-0.4, -0.2) is 43.4 Å². The Kier molecular flexibility index (Phi) is 5.63. The third-order valence-electron chi connectivity index (χ3n) is 4.29. The third kappa shape index (κ3) is 4.29. The van der Waals surface area contributed by atoms with E-state index in [1.54, 1.807) is 6.20 Å². The van der Waals surface area contributed by atoms with Crippen LogP contribution in [0, 0.1) is 11.8 Å². The molecule has 0 unspecified atom stereocenters. The summed E-state index contributed by atoms with van der Waals surface area (Å²) in [5.41, 5.74) is 0. The Bertz CT molecular complexity index is 528. The number of carbonyl (C=O) groups is 1. The van der Waals surface area contributed by atoms with Crippen molar-refractivity contribution in [2.24, 2.45) is 11.8 Å². The fraction of sp³-hybridized carbons (Fsp3) is 0.750. The lowest BCUT2D eigenvalue weighted by Crippen LogP contribution is -2.36. The van der Waals surface area contributed by atoms with Gasteiger partial charge in [-0.05, 0) is 24.7 Å². The molecule has 7 heteroatoms. The number of rotatable bonds is 5. The quantitative estimate of drug-likeness (QED) is 0.891. The molecule has 1 N–H and O–H groups in total. The van der Waals surface area contributed by atoms with Gasteiger partial charge < -0.3 is 19.5 Å². The number of amides is 1. The fourth-order valence-electron chi connectivity index (χ4n) is 2.88. The highest BCUT2D eigenvalue weighted by molar-refractivity contribution is 7.13. The molecule has 1 amide bonds. The second-order valence-corrected chi connectivity index (χ2v) is 7.45. The first-order valence-electron chi connectivity index (χ1n) is 8.22.